The maximum absolute atomic E-state index is 13.9. The van der Waals surface area contributed by atoms with E-state index in [0.29, 0.717) is 28.3 Å². The second kappa shape index (κ2) is 6.45. The summed E-state index contributed by atoms with van der Waals surface area (Å²) in [5.74, 6) is 0.208. The highest BCUT2D eigenvalue weighted by molar-refractivity contribution is 6.31. The van der Waals surface area contributed by atoms with Gasteiger partial charge in [-0.15, -0.1) is 0 Å². The minimum absolute atomic E-state index is 0.00525. The predicted octanol–water partition coefficient (Wildman–Crippen LogP) is 2.28. The fourth-order valence-electron chi connectivity index (χ4n) is 2.83. The molecule has 0 saturated heterocycles. The van der Waals surface area contributed by atoms with E-state index >= 15 is 0 Å². The fourth-order valence-corrected chi connectivity index (χ4v) is 3.04. The molecule has 7 nitrogen and oxygen atoms in total. The van der Waals surface area contributed by atoms with Crippen LogP contribution in [0.4, 0.5) is 10.2 Å². The molecule has 1 amide bonds. The van der Waals surface area contributed by atoms with Gasteiger partial charge in [0.1, 0.15) is 18.2 Å². The molecule has 1 aromatic carbocycles. The Kier molecular flexibility index (Phi) is 4.12. The number of fused-ring (bicyclic) bond motifs is 2. The van der Waals surface area contributed by atoms with E-state index in [2.05, 4.69) is 15.4 Å². The van der Waals surface area contributed by atoms with Crippen LogP contribution in [0.2, 0.25) is 5.02 Å². The Bertz CT molecular complexity index is 1010. The largest absolute Gasteiger partial charge is 0.491 e. The number of hydrogen-bond acceptors (Lipinski definition) is 5. The van der Waals surface area contributed by atoms with E-state index < -0.39 is 5.82 Å². The number of aromatic nitrogens is 3. The van der Waals surface area contributed by atoms with Crippen molar-refractivity contribution in [2.75, 3.05) is 25.1 Å². The van der Waals surface area contributed by atoms with E-state index in [-0.39, 0.29) is 30.6 Å². The maximum atomic E-state index is 13.9. The van der Waals surface area contributed by atoms with Crippen molar-refractivity contribution in [1.82, 2.24) is 19.9 Å². The molecule has 1 N–H and O–H groups in total. The van der Waals surface area contributed by atoms with Crippen molar-refractivity contribution < 1.29 is 13.9 Å². The third kappa shape index (κ3) is 2.82. The number of hydrogen-bond donors (Lipinski definition) is 1. The molecule has 26 heavy (non-hydrogen) atoms. The van der Waals surface area contributed by atoms with Gasteiger partial charge in [-0.25, -0.2) is 13.9 Å². The van der Waals surface area contributed by atoms with E-state index in [1.165, 1.54) is 16.6 Å². The van der Waals surface area contributed by atoms with Crippen molar-refractivity contribution in [3.63, 3.8) is 0 Å². The number of ether oxygens (including phenoxy) is 1. The zero-order valence-electron chi connectivity index (χ0n) is 13.9. The van der Waals surface area contributed by atoms with Crippen LogP contribution in [0, 0.1) is 5.82 Å². The number of carbonyl (C=O) groups is 1. The first-order valence-electron chi connectivity index (χ1n) is 7.98. The average molecular weight is 376 g/mol. The summed E-state index contributed by atoms with van der Waals surface area (Å²) in [6.45, 7) is 0.784. The third-order valence-electron chi connectivity index (χ3n) is 4.19. The lowest BCUT2D eigenvalue weighted by Crippen LogP contribution is -2.28. The summed E-state index contributed by atoms with van der Waals surface area (Å²) in [5.41, 5.74) is 1.38. The highest BCUT2D eigenvalue weighted by Gasteiger charge is 2.19. The molecular formula is C17H15ClFN5O2. The van der Waals surface area contributed by atoms with Crippen LogP contribution in [0.15, 0.2) is 30.6 Å². The molecule has 0 radical (unpaired) electrons. The predicted molar refractivity (Wildman–Crippen MR) is 94.3 cm³/mol. The molecule has 0 saturated carbocycles. The highest BCUT2D eigenvalue weighted by atomic mass is 35.5. The Morgan fingerprint density at radius 2 is 2.19 bits per heavy atom. The minimum atomic E-state index is -0.518. The van der Waals surface area contributed by atoms with Gasteiger partial charge >= 0.3 is 0 Å². The van der Waals surface area contributed by atoms with E-state index in [0.717, 1.165) is 0 Å². The molecule has 3 heterocycles. The van der Waals surface area contributed by atoms with Crippen LogP contribution < -0.4 is 15.0 Å². The molecule has 4 rings (SSSR count). The number of anilines is 1. The van der Waals surface area contributed by atoms with Crippen molar-refractivity contribution in [2.45, 2.75) is 6.54 Å². The second-order valence-corrected chi connectivity index (χ2v) is 6.29. The molecule has 0 aliphatic carbocycles. The molecule has 0 fully saturated rings. The number of carbonyl (C=O) groups excluding carboxylic acids is 1. The molecule has 0 unspecified atom stereocenters. The van der Waals surface area contributed by atoms with Crippen LogP contribution >= 0.6 is 11.6 Å². The van der Waals surface area contributed by atoms with Crippen molar-refractivity contribution in [1.29, 1.82) is 0 Å². The molecule has 1 aliphatic rings. The molecule has 3 aromatic rings. The zero-order valence-corrected chi connectivity index (χ0v) is 14.6. The van der Waals surface area contributed by atoms with Crippen LogP contribution in [0.3, 0.4) is 0 Å². The lowest BCUT2D eigenvalue weighted by atomic mass is 10.1. The van der Waals surface area contributed by atoms with Crippen LogP contribution in [-0.4, -0.2) is 40.7 Å². The average Bonchev–Trinajstić information content (AvgIpc) is 3.06. The number of halogens is 2. The molecule has 134 valence electrons. The maximum Gasteiger partial charge on any atom is 0.255 e. The summed E-state index contributed by atoms with van der Waals surface area (Å²) in [5, 5.41) is 7.06. The molecule has 9 heteroatoms. The molecule has 1 aliphatic heterocycles. The third-order valence-corrected chi connectivity index (χ3v) is 4.60. The summed E-state index contributed by atoms with van der Waals surface area (Å²) in [6, 6.07) is 4.46. The monoisotopic (exact) mass is 375 g/mol. The molecule has 0 atom stereocenters. The summed E-state index contributed by atoms with van der Waals surface area (Å²) >= 11 is 6.16. The second-order valence-electron chi connectivity index (χ2n) is 5.91. The number of nitrogens with one attached hydrogen (secondary N) is 1. The minimum Gasteiger partial charge on any atom is -0.491 e. The molecule has 0 spiro atoms. The summed E-state index contributed by atoms with van der Waals surface area (Å²) < 4.78 is 21.2. The van der Waals surface area contributed by atoms with Crippen molar-refractivity contribution >= 4 is 29.0 Å². The lowest BCUT2D eigenvalue weighted by molar-refractivity contribution is 0.0948. The number of rotatable bonds is 0. The number of amides is 1. The normalized spacial score (nSPS) is 14.9. The Labute approximate surface area is 153 Å². The zero-order chi connectivity index (χ0) is 18.3. The van der Waals surface area contributed by atoms with Gasteiger partial charge in [0.15, 0.2) is 11.5 Å². The standard InChI is InChI=1S/C17H15ClFN5O2/c1-23-9-11-13(3-2-12(19)15(11)18)26-7-5-20-17(25)10-4-6-24-16(10)22-14(23)8-21-24/h2-4,6,8H,5,7,9H2,1H3,(H,20,25). The fraction of sp³-hybridized carbons (Fsp3) is 0.235. The van der Waals surface area contributed by atoms with E-state index in [4.69, 9.17) is 16.3 Å². The number of benzene rings is 1. The van der Waals surface area contributed by atoms with Gasteiger partial charge in [-0.05, 0) is 18.2 Å². The smallest absolute Gasteiger partial charge is 0.255 e. The summed E-state index contributed by atoms with van der Waals surface area (Å²) in [6.07, 6.45) is 3.24. The number of nitrogens with zero attached hydrogens (tertiary/aromatic N) is 4. The van der Waals surface area contributed by atoms with Gasteiger partial charge < -0.3 is 15.0 Å². The quantitative estimate of drug-likeness (QED) is 0.652. The first-order chi connectivity index (χ1) is 12.5. The van der Waals surface area contributed by atoms with Gasteiger partial charge in [0, 0.05) is 25.4 Å². The first-order valence-corrected chi connectivity index (χ1v) is 8.36. The summed E-state index contributed by atoms with van der Waals surface area (Å²) in [4.78, 5) is 18.7. The Morgan fingerprint density at radius 3 is 3.04 bits per heavy atom. The Morgan fingerprint density at radius 1 is 1.35 bits per heavy atom. The lowest BCUT2D eigenvalue weighted by Gasteiger charge is -2.21. The molecular weight excluding hydrogens is 361 g/mol. The van der Waals surface area contributed by atoms with Crippen LogP contribution in [0.1, 0.15) is 15.9 Å². The van der Waals surface area contributed by atoms with Crippen molar-refractivity contribution in [3.05, 3.63) is 52.6 Å². The van der Waals surface area contributed by atoms with E-state index in [1.807, 2.05) is 0 Å². The van der Waals surface area contributed by atoms with Gasteiger partial charge in [-0.3, -0.25) is 4.79 Å². The Hall–Kier alpha value is -2.87. The van der Waals surface area contributed by atoms with Gasteiger partial charge in [-0.1, -0.05) is 11.6 Å². The topological polar surface area (TPSA) is 71.8 Å². The van der Waals surface area contributed by atoms with Gasteiger partial charge in [0.2, 0.25) is 0 Å². The van der Waals surface area contributed by atoms with Crippen LogP contribution in [-0.2, 0) is 6.54 Å². The van der Waals surface area contributed by atoms with Crippen LogP contribution in [0.25, 0.3) is 5.65 Å². The summed E-state index contributed by atoms with van der Waals surface area (Å²) in [7, 11) is 1.79. The van der Waals surface area contributed by atoms with E-state index in [9.17, 15) is 9.18 Å². The molecule has 2 aromatic heterocycles. The molecule has 2 bridgehead atoms. The van der Waals surface area contributed by atoms with Crippen LogP contribution in [0.5, 0.6) is 5.75 Å². The SMILES string of the molecule is CN1Cc2c(ccc(F)c2Cl)OCCNC(=O)c2ccn3ncc1nc23. The van der Waals surface area contributed by atoms with Gasteiger partial charge in [0.25, 0.3) is 5.91 Å². The first kappa shape index (κ1) is 16.6. The van der Waals surface area contributed by atoms with E-state index in [1.54, 1.807) is 30.4 Å². The van der Waals surface area contributed by atoms with Crippen molar-refractivity contribution in [3.8, 4) is 5.75 Å². The van der Waals surface area contributed by atoms with Gasteiger partial charge in [0.05, 0.1) is 23.3 Å². The van der Waals surface area contributed by atoms with Gasteiger partial charge in [-0.2, -0.15) is 5.10 Å². The van der Waals surface area contributed by atoms with Crippen molar-refractivity contribution in [2.24, 2.45) is 0 Å². The highest BCUT2D eigenvalue weighted by Crippen LogP contribution is 2.31. The Balaban J connectivity index is 1.83.